The third kappa shape index (κ3) is 5.45. The Kier molecular flexibility index (Phi) is 8.45. The molecule has 10 nitrogen and oxygen atoms in total. The Bertz CT molecular complexity index is 1430. The van der Waals surface area contributed by atoms with Crippen LogP contribution < -0.4 is 5.32 Å². The lowest BCUT2D eigenvalue weighted by Crippen LogP contribution is -2.52. The maximum atomic E-state index is 13.9. The molecule has 210 valence electrons. The number of aromatic nitrogens is 1. The van der Waals surface area contributed by atoms with Crippen LogP contribution in [0.2, 0.25) is 5.02 Å². The molecule has 4 rings (SSSR count). The second-order valence-corrected chi connectivity index (χ2v) is 13.3. The lowest BCUT2D eigenvalue weighted by molar-refractivity contribution is -0.143. The summed E-state index contributed by atoms with van der Waals surface area (Å²) in [6, 6.07) is 2.95. The first-order chi connectivity index (χ1) is 18.4. The fourth-order valence-corrected chi connectivity index (χ4v) is 7.17. The van der Waals surface area contributed by atoms with Crippen molar-refractivity contribution in [3.63, 3.8) is 0 Å². The first-order valence-corrected chi connectivity index (χ1v) is 14.7. The summed E-state index contributed by atoms with van der Waals surface area (Å²) in [6.45, 7) is 2.85. The molecule has 14 heteroatoms. The predicted octanol–water partition coefficient (Wildman–Crippen LogP) is 3.45. The van der Waals surface area contributed by atoms with Gasteiger partial charge in [-0.3, -0.25) is 9.79 Å². The average Bonchev–Trinajstić information content (AvgIpc) is 3.46. The summed E-state index contributed by atoms with van der Waals surface area (Å²) in [6.07, 6.45) is 2.30. The number of rotatable bonds is 7. The number of piperidine rings is 1. The van der Waals surface area contributed by atoms with Crippen LogP contribution in [0.15, 0.2) is 46.0 Å². The highest BCUT2D eigenvalue weighted by Crippen LogP contribution is 2.40. The van der Waals surface area contributed by atoms with E-state index in [4.69, 9.17) is 26.1 Å². The van der Waals surface area contributed by atoms with Crippen molar-refractivity contribution in [3.8, 4) is 0 Å². The molecule has 1 aromatic heterocycles. The monoisotopic (exact) mass is 598 g/mol. The zero-order valence-electron chi connectivity index (χ0n) is 21.7. The number of thiazole rings is 1. The number of sulfonamides is 1. The number of methoxy groups -OCH3 is 2. The number of benzene rings is 1. The highest BCUT2D eigenvalue weighted by atomic mass is 35.5. The minimum Gasteiger partial charge on any atom is -0.468 e. The molecule has 1 aromatic carbocycles. The summed E-state index contributed by atoms with van der Waals surface area (Å²) in [4.78, 5) is 34.4. The van der Waals surface area contributed by atoms with Gasteiger partial charge in [-0.25, -0.2) is 26.9 Å². The van der Waals surface area contributed by atoms with E-state index >= 15 is 0 Å². The van der Waals surface area contributed by atoms with Crippen LogP contribution in [0.25, 0.3) is 0 Å². The van der Waals surface area contributed by atoms with E-state index in [0.29, 0.717) is 34.9 Å². The van der Waals surface area contributed by atoms with Gasteiger partial charge in [0.05, 0.1) is 19.8 Å². The number of aliphatic imine (C=N–C) groups is 1. The number of hydrogen-bond donors (Lipinski definition) is 1. The van der Waals surface area contributed by atoms with Crippen molar-refractivity contribution in [2.45, 2.75) is 37.5 Å². The average molecular weight is 599 g/mol. The molecular formula is C25H28ClFN4O6S2. The van der Waals surface area contributed by atoms with Gasteiger partial charge in [0, 0.05) is 46.9 Å². The molecule has 2 aliphatic rings. The van der Waals surface area contributed by atoms with Crippen molar-refractivity contribution in [2.24, 2.45) is 10.9 Å². The summed E-state index contributed by atoms with van der Waals surface area (Å²) >= 11 is 7.74. The molecule has 1 N–H and O–H groups in total. The third-order valence-electron chi connectivity index (χ3n) is 6.90. The van der Waals surface area contributed by atoms with Crippen molar-refractivity contribution in [1.82, 2.24) is 14.6 Å². The van der Waals surface area contributed by atoms with E-state index in [0.717, 1.165) is 13.2 Å². The van der Waals surface area contributed by atoms with Crippen LogP contribution in [0.5, 0.6) is 0 Å². The minimum atomic E-state index is -4.03. The first kappa shape index (κ1) is 29.1. The summed E-state index contributed by atoms with van der Waals surface area (Å²) in [5.74, 6) is -1.92. The van der Waals surface area contributed by atoms with E-state index in [1.165, 1.54) is 48.7 Å². The fourth-order valence-electron chi connectivity index (χ4n) is 4.68. The highest BCUT2D eigenvalue weighted by molar-refractivity contribution is 7.91. The van der Waals surface area contributed by atoms with Gasteiger partial charge in [-0.2, -0.15) is 0 Å². The number of carbonyl (C=O) groups excluding carboxylic acids is 2. The molecule has 1 saturated heterocycles. The molecular weight excluding hydrogens is 571 g/mol. The molecule has 0 aliphatic carbocycles. The number of ether oxygens (including phenoxy) is 2. The lowest BCUT2D eigenvalue weighted by Gasteiger charge is -2.38. The van der Waals surface area contributed by atoms with Gasteiger partial charge in [0.2, 0.25) is 10.0 Å². The zero-order chi connectivity index (χ0) is 28.5. The Morgan fingerprint density at radius 2 is 1.90 bits per heavy atom. The maximum Gasteiger partial charge on any atom is 0.338 e. The lowest BCUT2D eigenvalue weighted by atomic mass is 9.86. The van der Waals surface area contributed by atoms with Crippen LogP contribution >= 0.6 is 22.9 Å². The normalized spacial score (nSPS) is 19.3. The van der Waals surface area contributed by atoms with Crippen molar-refractivity contribution < 1.29 is 31.9 Å². The second-order valence-electron chi connectivity index (χ2n) is 9.51. The molecule has 1 fully saturated rings. The molecule has 0 bridgehead atoms. The number of amidine groups is 1. The molecule has 2 aliphatic heterocycles. The van der Waals surface area contributed by atoms with Gasteiger partial charge in [0.1, 0.15) is 11.9 Å². The Morgan fingerprint density at radius 1 is 1.21 bits per heavy atom. The van der Waals surface area contributed by atoms with E-state index in [-0.39, 0.29) is 29.6 Å². The van der Waals surface area contributed by atoms with E-state index in [2.05, 4.69) is 10.3 Å². The Hall–Kier alpha value is -2.87. The Labute approximate surface area is 234 Å². The molecule has 1 unspecified atom stereocenters. The smallest absolute Gasteiger partial charge is 0.338 e. The molecule has 2 aromatic rings. The second kappa shape index (κ2) is 11.3. The van der Waals surface area contributed by atoms with Gasteiger partial charge in [0.15, 0.2) is 15.6 Å². The largest absolute Gasteiger partial charge is 0.468 e. The summed E-state index contributed by atoms with van der Waals surface area (Å²) in [5, 5.41) is 5.70. The van der Waals surface area contributed by atoms with E-state index in [9.17, 15) is 22.4 Å². The quantitative estimate of drug-likeness (QED) is 0.480. The zero-order valence-corrected chi connectivity index (χ0v) is 24.1. The maximum absolute atomic E-state index is 13.9. The van der Waals surface area contributed by atoms with Crippen molar-refractivity contribution in [1.29, 1.82) is 0 Å². The third-order valence-corrected chi connectivity index (χ3v) is 10.5. The Morgan fingerprint density at radius 3 is 2.46 bits per heavy atom. The number of carbonyl (C=O) groups is 2. The number of nitrogens with zero attached hydrogens (tertiary/aromatic N) is 3. The van der Waals surface area contributed by atoms with Gasteiger partial charge in [-0.1, -0.05) is 17.7 Å². The van der Waals surface area contributed by atoms with Crippen LogP contribution in [0, 0.1) is 11.7 Å². The number of nitrogens with one attached hydrogen (secondary N) is 1. The molecule has 0 saturated carbocycles. The number of allylic oxidation sites excluding steroid dienone is 1. The molecule has 0 spiro atoms. The highest BCUT2D eigenvalue weighted by Gasteiger charge is 2.48. The Balaban J connectivity index is 1.73. The summed E-state index contributed by atoms with van der Waals surface area (Å²) in [5.41, 5.74) is 1.12. The SMILES string of the molecule is COC(=O)C1=C(C2CCN(S(=O)(=O)C(C)(C)C(=O)OC)CC2)NC(c2nccs2)=NC1c1ccc(F)cc1Cl. The summed E-state index contributed by atoms with van der Waals surface area (Å²) in [7, 11) is -1.63. The van der Waals surface area contributed by atoms with Gasteiger partial charge < -0.3 is 14.8 Å². The molecule has 1 atom stereocenters. The van der Waals surface area contributed by atoms with Crippen molar-refractivity contribution in [3.05, 3.63) is 62.5 Å². The number of halogens is 2. The van der Waals surface area contributed by atoms with E-state index in [1.807, 2.05) is 0 Å². The van der Waals surface area contributed by atoms with Gasteiger partial charge in [-0.05, 0) is 38.8 Å². The summed E-state index contributed by atoms with van der Waals surface area (Å²) < 4.78 is 49.7. The predicted molar refractivity (Wildman–Crippen MR) is 144 cm³/mol. The van der Waals surface area contributed by atoms with Crippen molar-refractivity contribution in [2.75, 3.05) is 27.3 Å². The van der Waals surface area contributed by atoms with Crippen molar-refractivity contribution >= 4 is 50.7 Å². The van der Waals surface area contributed by atoms with Crippen LogP contribution in [0.3, 0.4) is 0 Å². The number of hydrogen-bond acceptors (Lipinski definition) is 10. The van der Waals surface area contributed by atoms with E-state index < -0.39 is 38.6 Å². The van der Waals surface area contributed by atoms with Gasteiger partial charge in [-0.15, -0.1) is 11.3 Å². The molecule has 0 radical (unpaired) electrons. The van der Waals surface area contributed by atoms with Crippen LogP contribution in [-0.2, 0) is 29.1 Å². The topological polar surface area (TPSA) is 127 Å². The standard InChI is InChI=1S/C25H28ClFN4O6S2/c1-25(2,24(33)37-4)39(34,35)31-10-7-14(8-11-31)19-18(23(32)36-3)20(16-6-5-15(27)13-17(16)26)30-21(29-19)22-28-9-12-38-22/h5-6,9,12-14,20H,7-8,10-11H2,1-4H3,(H,29,30). The van der Waals surface area contributed by atoms with Crippen LogP contribution in [0.1, 0.15) is 43.3 Å². The van der Waals surface area contributed by atoms with Crippen LogP contribution in [-0.4, -0.2) is 67.5 Å². The minimum absolute atomic E-state index is 0.0934. The van der Waals surface area contributed by atoms with Gasteiger partial charge >= 0.3 is 11.9 Å². The number of esters is 2. The first-order valence-electron chi connectivity index (χ1n) is 12.0. The van der Waals surface area contributed by atoms with E-state index in [1.54, 1.807) is 11.6 Å². The molecule has 3 heterocycles. The molecule has 39 heavy (non-hydrogen) atoms. The fraction of sp³-hybridized carbons (Fsp3) is 0.440. The van der Waals surface area contributed by atoms with Gasteiger partial charge in [0.25, 0.3) is 0 Å². The van der Waals surface area contributed by atoms with Crippen LogP contribution in [0.4, 0.5) is 4.39 Å². The molecule has 0 amide bonds.